The Morgan fingerprint density at radius 3 is 2.30 bits per heavy atom. The third kappa shape index (κ3) is 3.92. The van der Waals surface area contributed by atoms with Crippen LogP contribution >= 0.6 is 0 Å². The van der Waals surface area contributed by atoms with Crippen LogP contribution in [0.2, 0.25) is 0 Å². The molecule has 0 heterocycles. The molecule has 0 bridgehead atoms. The van der Waals surface area contributed by atoms with E-state index in [9.17, 15) is 4.79 Å². The zero-order chi connectivity index (χ0) is 14.5. The summed E-state index contributed by atoms with van der Waals surface area (Å²) < 4.78 is 0. The Bertz CT molecular complexity index is 429. The number of carbonyl (C=O) groups is 1. The summed E-state index contributed by atoms with van der Waals surface area (Å²) in [6.07, 6.45) is 6.09. The summed E-state index contributed by atoms with van der Waals surface area (Å²) in [6, 6.07) is 8.66. The molecule has 20 heavy (non-hydrogen) atoms. The van der Waals surface area contributed by atoms with Crippen LogP contribution in [-0.4, -0.2) is 30.3 Å². The smallest absolute Gasteiger partial charge is 0.176 e. The molecule has 0 unspecified atom stereocenters. The van der Waals surface area contributed by atoms with E-state index in [-0.39, 0.29) is 5.78 Å². The van der Waals surface area contributed by atoms with Gasteiger partial charge in [-0.2, -0.15) is 0 Å². The highest BCUT2D eigenvalue weighted by Gasteiger charge is 2.23. The minimum absolute atomic E-state index is 0.244. The van der Waals surface area contributed by atoms with E-state index in [1.165, 1.54) is 31.2 Å². The predicted molar refractivity (Wildman–Crippen MR) is 84.2 cm³/mol. The molecule has 0 radical (unpaired) electrons. The molecule has 0 spiro atoms. The second-order valence-electron chi connectivity index (χ2n) is 6.30. The van der Waals surface area contributed by atoms with E-state index in [4.69, 9.17) is 0 Å². The molecular weight excluding hydrogens is 246 g/mol. The van der Waals surface area contributed by atoms with Crippen molar-refractivity contribution in [2.24, 2.45) is 5.92 Å². The number of carbonyl (C=O) groups excluding carboxylic acids is 1. The number of aryl methyl sites for hydroxylation is 1. The Morgan fingerprint density at radius 1 is 1.15 bits per heavy atom. The number of rotatable bonds is 5. The molecular formula is C18H27NO. The van der Waals surface area contributed by atoms with Gasteiger partial charge in [-0.1, -0.05) is 38.1 Å². The SMILES string of the molecule is CCc1ccc(C(=O)CN(C)C2CCC(C)CC2)cc1. The van der Waals surface area contributed by atoms with Crippen molar-refractivity contribution in [3.05, 3.63) is 35.4 Å². The van der Waals surface area contributed by atoms with E-state index < -0.39 is 0 Å². The first kappa shape index (κ1) is 15.2. The predicted octanol–water partition coefficient (Wildman–Crippen LogP) is 3.94. The van der Waals surface area contributed by atoms with Gasteiger partial charge in [0.25, 0.3) is 0 Å². The lowest BCUT2D eigenvalue weighted by molar-refractivity contribution is 0.0889. The van der Waals surface area contributed by atoms with Gasteiger partial charge in [-0.25, -0.2) is 0 Å². The van der Waals surface area contributed by atoms with Gasteiger partial charge in [0.2, 0.25) is 0 Å². The zero-order valence-corrected chi connectivity index (χ0v) is 13.1. The summed E-state index contributed by atoms with van der Waals surface area (Å²) in [6.45, 7) is 5.01. The van der Waals surface area contributed by atoms with Crippen molar-refractivity contribution in [1.29, 1.82) is 0 Å². The number of hydrogen-bond donors (Lipinski definition) is 0. The standard InChI is InChI=1S/C18H27NO/c1-4-15-7-9-16(10-8-15)18(20)13-19(3)17-11-5-14(2)6-12-17/h7-10,14,17H,4-6,11-13H2,1-3H3. The van der Waals surface area contributed by atoms with E-state index >= 15 is 0 Å². The highest BCUT2D eigenvalue weighted by atomic mass is 16.1. The topological polar surface area (TPSA) is 20.3 Å². The molecule has 2 rings (SSSR count). The molecule has 0 amide bonds. The Kier molecular flexibility index (Phi) is 5.36. The molecule has 1 aliphatic carbocycles. The highest BCUT2D eigenvalue weighted by Crippen LogP contribution is 2.26. The summed E-state index contributed by atoms with van der Waals surface area (Å²) in [5.41, 5.74) is 2.13. The average Bonchev–Trinajstić information content (AvgIpc) is 2.48. The number of likely N-dealkylation sites (N-methyl/N-ethyl adjacent to an activating group) is 1. The number of nitrogens with zero attached hydrogens (tertiary/aromatic N) is 1. The lowest BCUT2D eigenvalue weighted by Gasteiger charge is -2.33. The van der Waals surface area contributed by atoms with Gasteiger partial charge in [0.15, 0.2) is 5.78 Å². The quantitative estimate of drug-likeness (QED) is 0.757. The molecule has 0 aromatic heterocycles. The van der Waals surface area contributed by atoms with Crippen LogP contribution in [-0.2, 0) is 6.42 Å². The molecule has 2 heteroatoms. The Hall–Kier alpha value is -1.15. The molecule has 1 aromatic rings. The zero-order valence-electron chi connectivity index (χ0n) is 13.1. The summed E-state index contributed by atoms with van der Waals surface area (Å²) in [5, 5.41) is 0. The normalized spacial score (nSPS) is 23.0. The molecule has 1 saturated carbocycles. The maximum absolute atomic E-state index is 12.3. The molecule has 1 aliphatic rings. The first-order valence-electron chi connectivity index (χ1n) is 7.92. The second kappa shape index (κ2) is 7.03. The van der Waals surface area contributed by atoms with Crippen molar-refractivity contribution < 1.29 is 4.79 Å². The molecule has 0 saturated heterocycles. The van der Waals surface area contributed by atoms with Crippen LogP contribution < -0.4 is 0 Å². The molecule has 0 N–H and O–H groups in total. The summed E-state index contributed by atoms with van der Waals surface area (Å²) in [7, 11) is 2.10. The maximum atomic E-state index is 12.3. The average molecular weight is 273 g/mol. The van der Waals surface area contributed by atoms with Crippen LogP contribution in [0, 0.1) is 5.92 Å². The number of Topliss-reactive ketones (excluding diaryl/α,β-unsaturated/α-hetero) is 1. The molecule has 1 aromatic carbocycles. The van der Waals surface area contributed by atoms with E-state index in [1.807, 2.05) is 12.1 Å². The van der Waals surface area contributed by atoms with Crippen molar-refractivity contribution in [2.45, 2.75) is 52.0 Å². The number of hydrogen-bond acceptors (Lipinski definition) is 2. The molecule has 0 atom stereocenters. The van der Waals surface area contributed by atoms with E-state index in [0.717, 1.165) is 17.9 Å². The summed E-state index contributed by atoms with van der Waals surface area (Å²) >= 11 is 0. The maximum Gasteiger partial charge on any atom is 0.176 e. The summed E-state index contributed by atoms with van der Waals surface area (Å²) in [4.78, 5) is 14.6. The molecule has 110 valence electrons. The van der Waals surface area contributed by atoms with Gasteiger partial charge < -0.3 is 0 Å². The monoisotopic (exact) mass is 273 g/mol. The van der Waals surface area contributed by atoms with Crippen LogP contribution in [0.1, 0.15) is 55.5 Å². The van der Waals surface area contributed by atoms with Crippen LogP contribution in [0.3, 0.4) is 0 Å². The third-order valence-corrected chi connectivity index (χ3v) is 4.69. The number of benzene rings is 1. The summed E-state index contributed by atoms with van der Waals surface area (Å²) in [5.74, 6) is 1.10. The first-order valence-corrected chi connectivity index (χ1v) is 7.92. The highest BCUT2D eigenvalue weighted by molar-refractivity contribution is 5.97. The Balaban J connectivity index is 1.89. The minimum atomic E-state index is 0.244. The van der Waals surface area contributed by atoms with Crippen molar-refractivity contribution >= 4 is 5.78 Å². The van der Waals surface area contributed by atoms with Gasteiger partial charge in [-0.15, -0.1) is 0 Å². The van der Waals surface area contributed by atoms with E-state index in [1.54, 1.807) is 0 Å². The van der Waals surface area contributed by atoms with Crippen LogP contribution in [0.15, 0.2) is 24.3 Å². The van der Waals surface area contributed by atoms with Gasteiger partial charge in [-0.3, -0.25) is 9.69 Å². The van der Waals surface area contributed by atoms with E-state index in [2.05, 4.69) is 37.9 Å². The number of ketones is 1. The molecule has 2 nitrogen and oxygen atoms in total. The largest absolute Gasteiger partial charge is 0.296 e. The lowest BCUT2D eigenvalue weighted by atomic mass is 9.86. The Labute approximate surface area is 123 Å². The second-order valence-corrected chi connectivity index (χ2v) is 6.30. The van der Waals surface area contributed by atoms with Crippen molar-refractivity contribution in [2.75, 3.05) is 13.6 Å². The third-order valence-electron chi connectivity index (χ3n) is 4.69. The first-order chi connectivity index (χ1) is 9.60. The van der Waals surface area contributed by atoms with Crippen molar-refractivity contribution in [3.63, 3.8) is 0 Å². The van der Waals surface area contributed by atoms with Gasteiger partial charge >= 0.3 is 0 Å². The van der Waals surface area contributed by atoms with Gasteiger partial charge in [0.05, 0.1) is 6.54 Å². The molecule has 1 fully saturated rings. The van der Waals surface area contributed by atoms with Crippen LogP contribution in [0.25, 0.3) is 0 Å². The van der Waals surface area contributed by atoms with E-state index in [0.29, 0.717) is 12.6 Å². The fourth-order valence-corrected chi connectivity index (χ4v) is 3.06. The minimum Gasteiger partial charge on any atom is -0.296 e. The Morgan fingerprint density at radius 2 is 1.75 bits per heavy atom. The fourth-order valence-electron chi connectivity index (χ4n) is 3.06. The van der Waals surface area contributed by atoms with Crippen LogP contribution in [0.5, 0.6) is 0 Å². The van der Waals surface area contributed by atoms with Crippen molar-refractivity contribution in [3.8, 4) is 0 Å². The van der Waals surface area contributed by atoms with Crippen molar-refractivity contribution in [1.82, 2.24) is 4.90 Å². The van der Waals surface area contributed by atoms with Gasteiger partial charge in [-0.05, 0) is 50.6 Å². The van der Waals surface area contributed by atoms with Gasteiger partial charge in [0, 0.05) is 11.6 Å². The fraction of sp³-hybridized carbons (Fsp3) is 0.611. The lowest BCUT2D eigenvalue weighted by Crippen LogP contribution is -2.38. The van der Waals surface area contributed by atoms with Crippen LogP contribution in [0.4, 0.5) is 0 Å². The molecule has 0 aliphatic heterocycles. The van der Waals surface area contributed by atoms with Gasteiger partial charge in [0.1, 0.15) is 0 Å².